The van der Waals surface area contributed by atoms with Crippen LogP contribution >= 0.6 is 125 Å². The first kappa shape index (κ1) is 38.5. The van der Waals surface area contributed by atoms with Gasteiger partial charge in [0.15, 0.2) is 0 Å². The van der Waals surface area contributed by atoms with Crippen LogP contribution in [0.2, 0.25) is 0 Å². The van der Waals surface area contributed by atoms with E-state index in [0.717, 1.165) is 12.8 Å². The smallest absolute Gasteiger partial charge is 0.0681 e. The van der Waals surface area contributed by atoms with E-state index in [1.807, 2.05) is 0 Å². The van der Waals surface area contributed by atoms with Crippen molar-refractivity contribution in [1.29, 1.82) is 0 Å². The second-order valence-corrected chi connectivity index (χ2v) is 22.7. The largest absolute Gasteiger partial charge is 0.286 e. The minimum absolute atomic E-state index is 0.00301. The molecular formula is C32H46Br2Cl8N8. The number of alkyl halides is 10. The monoisotopic (exact) mass is 980 g/mol. The van der Waals surface area contributed by atoms with Gasteiger partial charge in [-0.05, 0) is 43.4 Å². The van der Waals surface area contributed by atoms with E-state index >= 15 is 0 Å². The molecule has 284 valence electrons. The molecule has 8 N–H and O–H groups in total. The molecule has 0 aromatic rings. The lowest BCUT2D eigenvalue weighted by Gasteiger charge is -2.45. The maximum atomic E-state index is 7.27. The standard InChI is InChI=1S/C32H46Br2Cl8N8/c33-10-6-5-9-11(16(10)34)28-46-27(9)44-25-7-3-1-2-4-8(7)26(43-25)45-29-12-13(18(36)22(40)21(39)17(12)35)31(48-29)50-32-15-14(30(47-28)49-32)19(37)23(41)24(42)20(15)38/h7-32,43-50H,1-6H2. The molecular weight excluding hydrogens is 940 g/mol. The molecule has 0 spiro atoms. The van der Waals surface area contributed by atoms with Gasteiger partial charge in [0, 0.05) is 39.2 Å². The first-order valence-corrected chi connectivity index (χ1v) is 23.8. The van der Waals surface area contributed by atoms with Crippen molar-refractivity contribution in [2.45, 2.75) is 141 Å². The van der Waals surface area contributed by atoms with E-state index in [0.29, 0.717) is 28.5 Å². The number of hydrogen-bond donors (Lipinski definition) is 8. The molecule has 26 unspecified atom stereocenters. The van der Waals surface area contributed by atoms with Gasteiger partial charge in [-0.3, -0.25) is 42.5 Å². The normalized spacial score (nSPS) is 63.5. The average molecular weight is 986 g/mol. The van der Waals surface area contributed by atoms with Crippen LogP contribution in [0.1, 0.15) is 38.5 Å². The van der Waals surface area contributed by atoms with E-state index in [1.165, 1.54) is 25.7 Å². The highest BCUT2D eigenvalue weighted by Crippen LogP contribution is 2.52. The first-order chi connectivity index (χ1) is 23.9. The zero-order chi connectivity index (χ0) is 34.9. The highest BCUT2D eigenvalue weighted by atomic mass is 79.9. The Kier molecular flexibility index (Phi) is 11.5. The van der Waals surface area contributed by atoms with E-state index in [-0.39, 0.29) is 83.2 Å². The lowest BCUT2D eigenvalue weighted by Crippen LogP contribution is -2.62. The summed E-state index contributed by atoms with van der Waals surface area (Å²) in [5, 5.41) is 28.5. The van der Waals surface area contributed by atoms with Crippen molar-refractivity contribution in [3.05, 3.63) is 0 Å². The molecule has 5 heterocycles. The molecule has 4 saturated carbocycles. The Morgan fingerprint density at radius 2 is 0.620 bits per heavy atom. The van der Waals surface area contributed by atoms with E-state index in [2.05, 4.69) is 74.4 Å². The minimum atomic E-state index is -0.501. The quantitative estimate of drug-likeness (QED) is 0.160. The predicted molar refractivity (Wildman–Crippen MR) is 214 cm³/mol. The number of rotatable bonds is 0. The Morgan fingerprint density at radius 3 is 1.00 bits per heavy atom. The summed E-state index contributed by atoms with van der Waals surface area (Å²) in [6.07, 6.45) is 6.64. The van der Waals surface area contributed by atoms with Gasteiger partial charge in [-0.1, -0.05) is 44.7 Å². The topological polar surface area (TPSA) is 96.2 Å². The maximum absolute atomic E-state index is 7.27. The van der Waals surface area contributed by atoms with Crippen LogP contribution in [-0.4, -0.2) is 102 Å². The molecule has 26 atom stereocenters. The summed E-state index contributed by atoms with van der Waals surface area (Å²) in [5.41, 5.74) is 0. The van der Waals surface area contributed by atoms with Gasteiger partial charge in [0.2, 0.25) is 0 Å². The van der Waals surface area contributed by atoms with Gasteiger partial charge in [0.05, 0.1) is 92.3 Å². The van der Waals surface area contributed by atoms with Crippen molar-refractivity contribution in [3.63, 3.8) is 0 Å². The van der Waals surface area contributed by atoms with Gasteiger partial charge >= 0.3 is 0 Å². The zero-order valence-corrected chi connectivity index (χ0v) is 36.3. The van der Waals surface area contributed by atoms with Gasteiger partial charge < -0.3 is 0 Å². The van der Waals surface area contributed by atoms with E-state index in [4.69, 9.17) is 92.8 Å². The Bertz CT molecular complexity index is 1270. The van der Waals surface area contributed by atoms with Gasteiger partial charge in [-0.15, -0.1) is 92.8 Å². The van der Waals surface area contributed by atoms with Crippen molar-refractivity contribution in [2.24, 2.45) is 47.3 Å². The number of fused-ring (bicyclic) bond motifs is 20. The van der Waals surface area contributed by atoms with Crippen molar-refractivity contribution >= 4 is 125 Å². The second kappa shape index (κ2) is 15.0. The van der Waals surface area contributed by atoms with Crippen molar-refractivity contribution in [1.82, 2.24) is 42.5 Å². The SMILES string of the molecule is ClC1C(Cl)C(Cl)C2C3NC(NC4NC(NC5NC(NC6NC(N3)C3C(Cl)C(Cl)C(Cl)C(Cl)C63)C3C(Br)C(Br)CCC53)C3CCCCC43)C2C1Cl. The number of hydrogen-bond acceptors (Lipinski definition) is 8. The summed E-state index contributed by atoms with van der Waals surface area (Å²) in [7, 11) is 0. The highest BCUT2D eigenvalue weighted by molar-refractivity contribution is 9.12. The fraction of sp³-hybridized carbons (Fsp3) is 1.00. The number of halogens is 10. The van der Waals surface area contributed by atoms with Crippen molar-refractivity contribution in [3.8, 4) is 0 Å². The van der Waals surface area contributed by atoms with Crippen LogP contribution in [0.15, 0.2) is 0 Å². The predicted octanol–water partition coefficient (Wildman–Crippen LogP) is 5.09. The lowest BCUT2D eigenvalue weighted by molar-refractivity contribution is 0.176. The van der Waals surface area contributed by atoms with E-state index in [9.17, 15) is 0 Å². The lowest BCUT2D eigenvalue weighted by atomic mass is 9.75. The molecule has 0 radical (unpaired) electrons. The summed E-state index contributed by atoms with van der Waals surface area (Å²) in [5.74, 6) is 1.32. The van der Waals surface area contributed by atoms with Crippen LogP contribution in [0, 0.1) is 47.3 Å². The van der Waals surface area contributed by atoms with Crippen LogP contribution in [0.5, 0.6) is 0 Å². The van der Waals surface area contributed by atoms with Gasteiger partial charge in [-0.25, -0.2) is 0 Å². The molecule has 0 aromatic heterocycles. The molecule has 8 bridgehead atoms. The molecule has 8 nitrogen and oxygen atoms in total. The van der Waals surface area contributed by atoms with E-state index < -0.39 is 37.6 Å². The van der Waals surface area contributed by atoms with Crippen molar-refractivity contribution in [2.75, 3.05) is 0 Å². The molecule has 9 aliphatic rings. The molecule has 0 aromatic carbocycles. The third-order valence-electron chi connectivity index (χ3n) is 14.1. The van der Waals surface area contributed by atoms with Gasteiger partial charge in [-0.2, -0.15) is 0 Å². The Morgan fingerprint density at radius 1 is 0.320 bits per heavy atom. The fourth-order valence-electron chi connectivity index (χ4n) is 11.8. The Hall–Kier alpha value is 2.96. The molecule has 9 fully saturated rings. The van der Waals surface area contributed by atoms with Crippen molar-refractivity contribution < 1.29 is 0 Å². The van der Waals surface area contributed by atoms with Crippen LogP contribution in [0.3, 0.4) is 0 Å². The average Bonchev–Trinajstić information content (AvgIpc) is 3.84. The van der Waals surface area contributed by atoms with E-state index in [1.54, 1.807) is 0 Å². The molecule has 50 heavy (non-hydrogen) atoms. The third kappa shape index (κ3) is 6.22. The summed E-state index contributed by atoms with van der Waals surface area (Å²) < 4.78 is 0. The van der Waals surface area contributed by atoms with Crippen LogP contribution in [0.25, 0.3) is 0 Å². The Balaban J connectivity index is 1.11. The molecule has 0 amide bonds. The summed E-state index contributed by atoms with van der Waals surface area (Å²) in [6, 6.07) is 0. The van der Waals surface area contributed by atoms with Crippen LogP contribution in [-0.2, 0) is 0 Å². The zero-order valence-electron chi connectivity index (χ0n) is 27.0. The van der Waals surface area contributed by atoms with Gasteiger partial charge in [0.25, 0.3) is 0 Å². The first-order valence-electron chi connectivity index (χ1n) is 18.4. The maximum Gasteiger partial charge on any atom is 0.0681 e. The molecule has 5 aliphatic heterocycles. The summed E-state index contributed by atoms with van der Waals surface area (Å²) in [4.78, 5) is 0.667. The minimum Gasteiger partial charge on any atom is -0.286 e. The molecule has 5 saturated heterocycles. The number of nitrogens with one attached hydrogen (secondary N) is 8. The Labute approximate surface area is 352 Å². The summed E-state index contributed by atoms with van der Waals surface area (Å²) >= 11 is 64.9. The van der Waals surface area contributed by atoms with Crippen LogP contribution < -0.4 is 42.5 Å². The van der Waals surface area contributed by atoms with Gasteiger partial charge in [0.1, 0.15) is 0 Å². The summed E-state index contributed by atoms with van der Waals surface area (Å²) in [6.45, 7) is 0. The fourth-order valence-corrected chi connectivity index (χ4v) is 16.9. The second-order valence-electron chi connectivity index (χ2n) is 16.4. The molecule has 9 rings (SSSR count). The van der Waals surface area contributed by atoms with Crippen LogP contribution in [0.4, 0.5) is 0 Å². The molecule has 4 aliphatic carbocycles. The molecule has 18 heteroatoms. The third-order valence-corrected chi connectivity index (χ3v) is 22.3. The highest BCUT2D eigenvalue weighted by Gasteiger charge is 2.63.